The Kier molecular flexibility index (Phi) is 9.10. The van der Waals surface area contributed by atoms with Gasteiger partial charge in [-0.05, 0) is 70.0 Å². The number of thiophene rings is 1. The van der Waals surface area contributed by atoms with Gasteiger partial charge < -0.3 is 25.0 Å². The fraction of sp³-hybridized carbons (Fsp3) is 0.440. The molecule has 1 unspecified atom stereocenters. The number of nitrogens with one attached hydrogen (secondary N) is 2. The maximum Gasteiger partial charge on any atom is 0.306 e. The predicted octanol–water partition coefficient (Wildman–Crippen LogP) is 3.93. The highest BCUT2D eigenvalue weighted by Crippen LogP contribution is 2.25. The lowest BCUT2D eigenvalue weighted by atomic mass is 10.1. The molecule has 1 fully saturated rings. The first-order valence-electron chi connectivity index (χ1n) is 11.5. The van der Waals surface area contributed by atoms with E-state index in [0.717, 1.165) is 22.6 Å². The first kappa shape index (κ1) is 27.6. The molecule has 194 valence electrons. The number of carbonyl (C=O) groups excluding carboxylic acids is 4. The Morgan fingerprint density at radius 1 is 1.22 bits per heavy atom. The average molecular weight is 536 g/mol. The normalized spacial score (nSPS) is 14.8. The van der Waals surface area contributed by atoms with Crippen molar-refractivity contribution < 1.29 is 28.7 Å². The summed E-state index contributed by atoms with van der Waals surface area (Å²) in [5.41, 5.74) is 1.38. The van der Waals surface area contributed by atoms with Crippen LogP contribution in [-0.4, -0.2) is 55.1 Å². The number of anilines is 2. The Bertz CT molecular complexity index is 1140. The van der Waals surface area contributed by atoms with E-state index < -0.39 is 29.4 Å². The molecule has 0 saturated carbocycles. The number of esters is 1. The predicted molar refractivity (Wildman–Crippen MR) is 139 cm³/mol. The molecule has 36 heavy (non-hydrogen) atoms. The van der Waals surface area contributed by atoms with Crippen LogP contribution < -0.4 is 15.5 Å². The van der Waals surface area contributed by atoms with Gasteiger partial charge in [0.25, 0.3) is 11.8 Å². The number of morpholine rings is 1. The van der Waals surface area contributed by atoms with E-state index in [0.29, 0.717) is 28.1 Å². The lowest BCUT2D eigenvalue weighted by Gasteiger charge is -2.28. The molecule has 2 N–H and O–H groups in total. The summed E-state index contributed by atoms with van der Waals surface area (Å²) in [6, 6.07) is 7.37. The highest BCUT2D eigenvalue weighted by atomic mass is 35.5. The molecule has 9 nitrogen and oxygen atoms in total. The third kappa shape index (κ3) is 7.78. The number of aryl methyl sites for hydroxylation is 1. The zero-order chi connectivity index (χ0) is 26.5. The van der Waals surface area contributed by atoms with Crippen LogP contribution in [0.1, 0.15) is 48.8 Å². The van der Waals surface area contributed by atoms with Gasteiger partial charge >= 0.3 is 5.97 Å². The molecular weight excluding hydrogens is 506 g/mol. The number of rotatable bonds is 8. The molecule has 2 aromatic rings. The number of hydrogen-bond acceptors (Lipinski definition) is 7. The molecule has 1 aliphatic heterocycles. The SMILES string of the molecule is Cc1cc(NC(=O)C(CCC(=O)OC(C)(C)C)NC(=O)c2ccc(Cl)s2)ccc1N1CCOCC1=O. The first-order valence-corrected chi connectivity index (χ1v) is 12.7. The van der Waals surface area contributed by atoms with Gasteiger partial charge in [0.1, 0.15) is 18.2 Å². The first-order chi connectivity index (χ1) is 16.9. The summed E-state index contributed by atoms with van der Waals surface area (Å²) in [7, 11) is 0. The summed E-state index contributed by atoms with van der Waals surface area (Å²) >= 11 is 7.03. The van der Waals surface area contributed by atoms with Crippen LogP contribution in [0.3, 0.4) is 0 Å². The van der Waals surface area contributed by atoms with Crippen molar-refractivity contribution in [2.24, 2.45) is 0 Å². The summed E-state index contributed by atoms with van der Waals surface area (Å²) in [5.74, 6) is -1.54. The second-order valence-electron chi connectivity index (χ2n) is 9.34. The molecule has 0 spiro atoms. The number of nitrogens with zero attached hydrogens (tertiary/aromatic N) is 1. The summed E-state index contributed by atoms with van der Waals surface area (Å²) in [4.78, 5) is 52.3. The van der Waals surface area contributed by atoms with Gasteiger partial charge in [-0.25, -0.2) is 0 Å². The van der Waals surface area contributed by atoms with Crippen molar-refractivity contribution in [1.29, 1.82) is 0 Å². The Morgan fingerprint density at radius 3 is 2.58 bits per heavy atom. The van der Waals surface area contributed by atoms with E-state index in [1.807, 2.05) is 6.92 Å². The molecule has 1 atom stereocenters. The van der Waals surface area contributed by atoms with Gasteiger partial charge in [0.2, 0.25) is 5.91 Å². The van der Waals surface area contributed by atoms with Crippen molar-refractivity contribution in [3.8, 4) is 0 Å². The van der Waals surface area contributed by atoms with Gasteiger partial charge in [-0.15, -0.1) is 11.3 Å². The minimum Gasteiger partial charge on any atom is -0.460 e. The molecule has 0 radical (unpaired) electrons. The van der Waals surface area contributed by atoms with Gasteiger partial charge in [-0.3, -0.25) is 19.2 Å². The minimum atomic E-state index is -0.994. The Labute approximate surface area is 219 Å². The fourth-order valence-electron chi connectivity index (χ4n) is 3.63. The second kappa shape index (κ2) is 11.9. The number of amides is 3. The van der Waals surface area contributed by atoms with Crippen LogP contribution in [0.4, 0.5) is 11.4 Å². The van der Waals surface area contributed by atoms with Gasteiger partial charge in [-0.2, -0.15) is 0 Å². The van der Waals surface area contributed by atoms with E-state index in [1.54, 1.807) is 56.0 Å². The molecule has 11 heteroatoms. The maximum atomic E-state index is 13.2. The average Bonchev–Trinajstić information content (AvgIpc) is 3.22. The molecule has 1 saturated heterocycles. The lowest BCUT2D eigenvalue weighted by molar-refractivity contribution is -0.155. The van der Waals surface area contributed by atoms with Crippen LogP contribution in [0.5, 0.6) is 0 Å². The van der Waals surface area contributed by atoms with E-state index in [2.05, 4.69) is 10.6 Å². The topological polar surface area (TPSA) is 114 Å². The Hall–Kier alpha value is -2.95. The van der Waals surface area contributed by atoms with Crippen molar-refractivity contribution in [2.45, 2.75) is 52.2 Å². The number of benzene rings is 1. The quantitative estimate of drug-likeness (QED) is 0.495. The van der Waals surface area contributed by atoms with Gasteiger partial charge in [0, 0.05) is 24.3 Å². The van der Waals surface area contributed by atoms with E-state index in [4.69, 9.17) is 21.1 Å². The zero-order valence-electron chi connectivity index (χ0n) is 20.7. The third-order valence-corrected chi connectivity index (χ3v) is 6.45. The molecular formula is C25H30ClN3O6S. The molecule has 0 aliphatic carbocycles. The molecule has 0 bridgehead atoms. The molecule has 3 rings (SSSR count). The summed E-state index contributed by atoms with van der Waals surface area (Å²) in [6.45, 7) is 8.06. The zero-order valence-corrected chi connectivity index (χ0v) is 22.3. The number of ether oxygens (including phenoxy) is 2. The Morgan fingerprint density at radius 2 is 1.97 bits per heavy atom. The third-order valence-electron chi connectivity index (χ3n) is 5.22. The van der Waals surface area contributed by atoms with Crippen LogP contribution in [0.15, 0.2) is 30.3 Å². The van der Waals surface area contributed by atoms with E-state index in [-0.39, 0.29) is 25.4 Å². The van der Waals surface area contributed by atoms with Gasteiger partial charge in [-0.1, -0.05) is 11.6 Å². The van der Waals surface area contributed by atoms with Gasteiger partial charge in [0.05, 0.1) is 15.8 Å². The van der Waals surface area contributed by atoms with E-state index in [1.165, 1.54) is 0 Å². The van der Waals surface area contributed by atoms with Crippen LogP contribution in [0, 0.1) is 6.92 Å². The number of carbonyl (C=O) groups is 4. The molecule has 3 amide bonds. The Balaban J connectivity index is 1.72. The fourth-order valence-corrected chi connectivity index (χ4v) is 4.57. The van der Waals surface area contributed by atoms with Crippen molar-refractivity contribution in [2.75, 3.05) is 30.0 Å². The van der Waals surface area contributed by atoms with Crippen LogP contribution in [-0.2, 0) is 23.9 Å². The minimum absolute atomic E-state index is 0.0341. The van der Waals surface area contributed by atoms with Crippen molar-refractivity contribution in [1.82, 2.24) is 5.32 Å². The number of halogens is 1. The second-order valence-corrected chi connectivity index (χ2v) is 11.1. The van der Waals surface area contributed by atoms with Gasteiger partial charge in [0.15, 0.2) is 0 Å². The lowest BCUT2D eigenvalue weighted by Crippen LogP contribution is -2.44. The number of hydrogen-bond donors (Lipinski definition) is 2. The monoisotopic (exact) mass is 535 g/mol. The summed E-state index contributed by atoms with van der Waals surface area (Å²) in [6.07, 6.45) is -0.0110. The molecule has 1 aromatic carbocycles. The van der Waals surface area contributed by atoms with E-state index in [9.17, 15) is 19.2 Å². The summed E-state index contributed by atoms with van der Waals surface area (Å²) < 4.78 is 11.0. The van der Waals surface area contributed by atoms with Crippen molar-refractivity contribution in [3.63, 3.8) is 0 Å². The highest BCUT2D eigenvalue weighted by molar-refractivity contribution is 7.18. The van der Waals surface area contributed by atoms with E-state index >= 15 is 0 Å². The van der Waals surface area contributed by atoms with Crippen molar-refractivity contribution in [3.05, 3.63) is 45.1 Å². The van der Waals surface area contributed by atoms with Crippen LogP contribution in [0.2, 0.25) is 4.34 Å². The summed E-state index contributed by atoms with van der Waals surface area (Å²) in [5, 5.41) is 5.50. The molecule has 1 aromatic heterocycles. The highest BCUT2D eigenvalue weighted by Gasteiger charge is 2.26. The van der Waals surface area contributed by atoms with Crippen molar-refractivity contribution >= 4 is 58.0 Å². The van der Waals surface area contributed by atoms with Crippen LogP contribution >= 0.6 is 22.9 Å². The molecule has 1 aliphatic rings. The maximum absolute atomic E-state index is 13.2. The smallest absolute Gasteiger partial charge is 0.306 e. The molecule has 2 heterocycles. The largest absolute Gasteiger partial charge is 0.460 e. The standard InChI is InChI=1S/C25H30ClN3O6S/c1-15-13-16(5-7-18(15)29-11-12-34-14-21(29)30)27-23(32)17(6-10-22(31)35-25(2,3)4)28-24(33)19-8-9-20(26)36-19/h5,7-9,13,17H,6,10-12,14H2,1-4H3,(H,27,32)(H,28,33). The van der Waals surface area contributed by atoms with Crippen LogP contribution in [0.25, 0.3) is 0 Å².